The van der Waals surface area contributed by atoms with Crippen LogP contribution in [0.15, 0.2) is 60.7 Å². The van der Waals surface area contributed by atoms with E-state index in [9.17, 15) is 9.90 Å². The first-order valence-corrected chi connectivity index (χ1v) is 9.04. The number of rotatable bonds is 7. The number of nitrogens with one attached hydrogen (secondary N) is 1. The van der Waals surface area contributed by atoms with Crippen LogP contribution in [-0.4, -0.2) is 35.0 Å². The van der Waals surface area contributed by atoms with Crippen molar-refractivity contribution in [2.75, 3.05) is 18.4 Å². The number of benzene rings is 2. The quantitative estimate of drug-likeness (QED) is 0.811. The second-order valence-corrected chi connectivity index (χ2v) is 6.66. The Morgan fingerprint density at radius 3 is 2.52 bits per heavy atom. The molecule has 132 valence electrons. The second kappa shape index (κ2) is 8.79. The van der Waals surface area contributed by atoms with Gasteiger partial charge in [0.05, 0.1) is 6.10 Å². The molecule has 3 rings (SSSR count). The summed E-state index contributed by atoms with van der Waals surface area (Å²) in [6.07, 6.45) is 2.98. The molecule has 4 heteroatoms. The van der Waals surface area contributed by atoms with Gasteiger partial charge in [0, 0.05) is 24.7 Å². The van der Waals surface area contributed by atoms with Crippen molar-refractivity contribution in [1.82, 2.24) is 4.90 Å². The Balaban J connectivity index is 1.47. The van der Waals surface area contributed by atoms with E-state index in [0.717, 1.165) is 43.6 Å². The molecule has 1 aliphatic heterocycles. The fourth-order valence-corrected chi connectivity index (χ4v) is 3.52. The Bertz CT molecular complexity index is 660. The lowest BCUT2D eigenvalue weighted by Crippen LogP contribution is -2.33. The highest BCUT2D eigenvalue weighted by atomic mass is 16.3. The van der Waals surface area contributed by atoms with Gasteiger partial charge < -0.3 is 10.4 Å². The van der Waals surface area contributed by atoms with Crippen LogP contribution in [0.1, 0.15) is 37.4 Å². The van der Waals surface area contributed by atoms with Gasteiger partial charge in [0.15, 0.2) is 0 Å². The number of likely N-dealkylation sites (tertiary alicyclic amines) is 1. The monoisotopic (exact) mass is 338 g/mol. The van der Waals surface area contributed by atoms with Crippen LogP contribution in [0.2, 0.25) is 0 Å². The summed E-state index contributed by atoms with van der Waals surface area (Å²) in [6, 6.07) is 19.7. The molecular weight excluding hydrogens is 312 g/mol. The van der Waals surface area contributed by atoms with Crippen molar-refractivity contribution in [1.29, 1.82) is 0 Å². The average molecular weight is 338 g/mol. The molecule has 1 saturated heterocycles. The van der Waals surface area contributed by atoms with E-state index in [2.05, 4.69) is 10.2 Å². The van der Waals surface area contributed by atoms with Crippen LogP contribution in [0.25, 0.3) is 0 Å². The maximum Gasteiger partial charge on any atom is 0.225 e. The highest BCUT2D eigenvalue weighted by molar-refractivity contribution is 5.90. The summed E-state index contributed by atoms with van der Waals surface area (Å²) in [5.41, 5.74) is 1.81. The Labute approximate surface area is 149 Å². The molecule has 25 heavy (non-hydrogen) atoms. The number of hydrogen-bond donors (Lipinski definition) is 2. The van der Waals surface area contributed by atoms with Crippen molar-refractivity contribution in [3.63, 3.8) is 0 Å². The van der Waals surface area contributed by atoms with E-state index in [1.54, 1.807) is 0 Å². The van der Waals surface area contributed by atoms with Gasteiger partial charge in [-0.25, -0.2) is 0 Å². The van der Waals surface area contributed by atoms with Crippen LogP contribution >= 0.6 is 0 Å². The summed E-state index contributed by atoms with van der Waals surface area (Å²) in [4.78, 5) is 14.5. The third-order valence-corrected chi connectivity index (χ3v) is 4.86. The SMILES string of the molecule is O=C(CCN1CCCC1CC(O)c1ccccc1)Nc1ccccc1. The molecule has 2 unspecified atom stereocenters. The van der Waals surface area contributed by atoms with Crippen molar-refractivity contribution < 1.29 is 9.90 Å². The number of anilines is 1. The molecule has 2 aromatic rings. The maximum absolute atomic E-state index is 12.1. The minimum atomic E-state index is -0.440. The van der Waals surface area contributed by atoms with Gasteiger partial charge in [-0.15, -0.1) is 0 Å². The first kappa shape index (κ1) is 17.6. The van der Waals surface area contributed by atoms with E-state index in [-0.39, 0.29) is 5.91 Å². The van der Waals surface area contributed by atoms with Crippen LogP contribution < -0.4 is 5.32 Å². The number of aliphatic hydroxyl groups excluding tert-OH is 1. The molecule has 0 aromatic heterocycles. The number of amides is 1. The van der Waals surface area contributed by atoms with Gasteiger partial charge in [0.25, 0.3) is 0 Å². The van der Waals surface area contributed by atoms with Crippen LogP contribution in [0.3, 0.4) is 0 Å². The van der Waals surface area contributed by atoms with E-state index >= 15 is 0 Å². The van der Waals surface area contributed by atoms with Gasteiger partial charge in [0.2, 0.25) is 5.91 Å². The lowest BCUT2D eigenvalue weighted by Gasteiger charge is -2.26. The van der Waals surface area contributed by atoms with Crippen molar-refractivity contribution in [2.24, 2.45) is 0 Å². The third kappa shape index (κ3) is 5.15. The number of hydrogen-bond acceptors (Lipinski definition) is 3. The van der Waals surface area contributed by atoms with Gasteiger partial charge in [-0.05, 0) is 43.5 Å². The molecule has 1 heterocycles. The normalized spacial score (nSPS) is 18.8. The van der Waals surface area contributed by atoms with Gasteiger partial charge >= 0.3 is 0 Å². The number of aliphatic hydroxyl groups is 1. The van der Waals surface area contributed by atoms with Crippen LogP contribution in [-0.2, 0) is 4.79 Å². The number of nitrogens with zero attached hydrogens (tertiary/aromatic N) is 1. The van der Waals surface area contributed by atoms with E-state index in [0.29, 0.717) is 12.5 Å². The first-order valence-electron chi connectivity index (χ1n) is 9.04. The molecule has 0 aliphatic carbocycles. The fraction of sp³-hybridized carbons (Fsp3) is 0.381. The number of carbonyl (C=O) groups is 1. The van der Waals surface area contributed by atoms with Gasteiger partial charge in [-0.2, -0.15) is 0 Å². The van der Waals surface area contributed by atoms with Crippen molar-refractivity contribution >= 4 is 11.6 Å². The molecule has 2 atom stereocenters. The predicted octanol–water partition coefficient (Wildman–Crippen LogP) is 3.60. The molecule has 2 aromatic carbocycles. The highest BCUT2D eigenvalue weighted by Crippen LogP contribution is 2.27. The molecule has 4 nitrogen and oxygen atoms in total. The maximum atomic E-state index is 12.1. The third-order valence-electron chi connectivity index (χ3n) is 4.86. The lowest BCUT2D eigenvalue weighted by molar-refractivity contribution is -0.116. The average Bonchev–Trinajstić information content (AvgIpc) is 3.08. The molecule has 1 fully saturated rings. The molecular formula is C21H26N2O2. The van der Waals surface area contributed by atoms with E-state index < -0.39 is 6.10 Å². The van der Waals surface area contributed by atoms with Crippen LogP contribution in [0, 0.1) is 0 Å². The van der Waals surface area contributed by atoms with Crippen molar-refractivity contribution in [3.8, 4) is 0 Å². The fourth-order valence-electron chi connectivity index (χ4n) is 3.52. The highest BCUT2D eigenvalue weighted by Gasteiger charge is 2.27. The minimum absolute atomic E-state index is 0.0421. The summed E-state index contributed by atoms with van der Waals surface area (Å²) < 4.78 is 0. The standard InChI is InChI=1S/C21H26N2O2/c24-20(17-8-3-1-4-9-17)16-19-12-7-14-23(19)15-13-21(25)22-18-10-5-2-6-11-18/h1-6,8-11,19-20,24H,7,12-16H2,(H,22,25). The van der Waals surface area contributed by atoms with Crippen LogP contribution in [0.5, 0.6) is 0 Å². The summed E-state index contributed by atoms with van der Waals surface area (Å²) >= 11 is 0. The smallest absolute Gasteiger partial charge is 0.225 e. The zero-order valence-corrected chi connectivity index (χ0v) is 14.5. The van der Waals surface area contributed by atoms with Gasteiger partial charge in [-0.1, -0.05) is 48.5 Å². The Morgan fingerprint density at radius 2 is 1.80 bits per heavy atom. The van der Waals surface area contributed by atoms with E-state index in [4.69, 9.17) is 0 Å². The zero-order chi connectivity index (χ0) is 17.5. The first-order chi connectivity index (χ1) is 12.2. The Hall–Kier alpha value is -2.17. The van der Waals surface area contributed by atoms with Gasteiger partial charge in [0.1, 0.15) is 0 Å². The van der Waals surface area contributed by atoms with Gasteiger partial charge in [-0.3, -0.25) is 9.69 Å². The largest absolute Gasteiger partial charge is 0.388 e. The van der Waals surface area contributed by atoms with Crippen molar-refractivity contribution in [2.45, 2.75) is 37.8 Å². The topological polar surface area (TPSA) is 52.6 Å². The van der Waals surface area contributed by atoms with Crippen molar-refractivity contribution in [3.05, 3.63) is 66.2 Å². The molecule has 0 spiro atoms. The zero-order valence-electron chi connectivity index (χ0n) is 14.5. The molecule has 0 saturated carbocycles. The van der Waals surface area contributed by atoms with E-state index in [1.165, 1.54) is 0 Å². The predicted molar refractivity (Wildman–Crippen MR) is 100 cm³/mol. The van der Waals surface area contributed by atoms with E-state index in [1.807, 2.05) is 60.7 Å². The lowest BCUT2D eigenvalue weighted by atomic mass is 10.0. The Morgan fingerprint density at radius 1 is 1.12 bits per heavy atom. The number of carbonyl (C=O) groups excluding carboxylic acids is 1. The summed E-state index contributed by atoms with van der Waals surface area (Å²) in [5, 5.41) is 13.4. The van der Waals surface area contributed by atoms with Crippen LogP contribution in [0.4, 0.5) is 5.69 Å². The summed E-state index contributed by atoms with van der Waals surface area (Å²) in [7, 11) is 0. The molecule has 0 radical (unpaired) electrons. The minimum Gasteiger partial charge on any atom is -0.388 e. The molecule has 0 bridgehead atoms. The second-order valence-electron chi connectivity index (χ2n) is 6.66. The molecule has 1 aliphatic rings. The Kier molecular flexibility index (Phi) is 6.20. The molecule has 2 N–H and O–H groups in total. The summed E-state index contributed by atoms with van der Waals surface area (Å²) in [6.45, 7) is 1.75. The molecule has 1 amide bonds. The number of para-hydroxylation sites is 1. The summed E-state index contributed by atoms with van der Waals surface area (Å²) in [5.74, 6) is 0.0421.